The topological polar surface area (TPSA) is 52.6 Å². The van der Waals surface area contributed by atoms with E-state index in [1.54, 1.807) is 11.3 Å². The van der Waals surface area contributed by atoms with Crippen molar-refractivity contribution < 1.29 is 0 Å². The van der Waals surface area contributed by atoms with Gasteiger partial charge in [0.15, 0.2) is 5.96 Å². The maximum atomic E-state index is 4.78. The minimum absolute atomic E-state index is 0. The molecule has 5 nitrogen and oxygen atoms in total. The Morgan fingerprint density at radius 1 is 1.33 bits per heavy atom. The normalized spacial score (nSPS) is 18.5. The summed E-state index contributed by atoms with van der Waals surface area (Å²) in [7, 11) is 0. The molecule has 138 valence electrons. The zero-order chi connectivity index (χ0) is 16.7. The first-order valence-corrected chi connectivity index (χ1v) is 9.64. The molecule has 1 aliphatic heterocycles. The van der Waals surface area contributed by atoms with Crippen LogP contribution >= 0.6 is 35.3 Å². The van der Waals surface area contributed by atoms with E-state index in [0.29, 0.717) is 6.04 Å². The number of aliphatic imine (C=N–C) groups is 1. The zero-order valence-corrected chi connectivity index (χ0v) is 18.5. The average Bonchev–Trinajstić information content (AvgIpc) is 3.11. The van der Waals surface area contributed by atoms with Gasteiger partial charge in [0.1, 0.15) is 0 Å². The van der Waals surface area contributed by atoms with Crippen molar-refractivity contribution in [2.24, 2.45) is 4.99 Å². The third-order valence-corrected chi connectivity index (χ3v) is 5.55. The van der Waals surface area contributed by atoms with Crippen LogP contribution in [-0.2, 0) is 6.42 Å². The highest BCUT2D eigenvalue weighted by Gasteiger charge is 2.22. The van der Waals surface area contributed by atoms with Gasteiger partial charge in [-0.25, -0.2) is 4.98 Å². The Bertz CT molecular complexity index is 498. The highest BCUT2D eigenvalue weighted by molar-refractivity contribution is 14.0. The molecule has 0 amide bonds. The summed E-state index contributed by atoms with van der Waals surface area (Å²) in [6, 6.07) is 0.611. The molecular formula is C17H32IN5S. The Hall–Kier alpha value is -0.410. The van der Waals surface area contributed by atoms with E-state index in [-0.39, 0.29) is 24.0 Å². The van der Waals surface area contributed by atoms with Crippen LogP contribution in [0.2, 0.25) is 0 Å². The number of halogens is 1. The number of aromatic nitrogens is 1. The summed E-state index contributed by atoms with van der Waals surface area (Å²) in [5, 5.41) is 7.99. The van der Waals surface area contributed by atoms with Crippen molar-refractivity contribution in [1.29, 1.82) is 0 Å². The van der Waals surface area contributed by atoms with Crippen LogP contribution < -0.4 is 10.6 Å². The Balaban J connectivity index is 0.00000288. The SMILES string of the molecule is CCNC(=NCC1CCCN1CC)NCCc1nc(C)c(C)s1.I. The van der Waals surface area contributed by atoms with Gasteiger partial charge in [-0.1, -0.05) is 6.92 Å². The van der Waals surface area contributed by atoms with E-state index in [4.69, 9.17) is 4.99 Å². The molecular weight excluding hydrogens is 433 g/mol. The van der Waals surface area contributed by atoms with Crippen LogP contribution in [0, 0.1) is 13.8 Å². The van der Waals surface area contributed by atoms with Crippen molar-refractivity contribution >= 4 is 41.3 Å². The number of rotatable bonds is 7. The summed E-state index contributed by atoms with van der Waals surface area (Å²) in [5.41, 5.74) is 1.16. The van der Waals surface area contributed by atoms with Crippen LogP contribution in [0.1, 0.15) is 42.3 Å². The summed E-state index contributed by atoms with van der Waals surface area (Å²) in [6.45, 7) is 13.6. The van der Waals surface area contributed by atoms with Crippen LogP contribution in [0.5, 0.6) is 0 Å². The van der Waals surface area contributed by atoms with Gasteiger partial charge in [0.05, 0.1) is 17.2 Å². The highest BCUT2D eigenvalue weighted by Crippen LogP contribution is 2.17. The molecule has 7 heteroatoms. The molecule has 24 heavy (non-hydrogen) atoms. The van der Waals surface area contributed by atoms with Crippen molar-refractivity contribution in [3.63, 3.8) is 0 Å². The number of thiazole rings is 1. The van der Waals surface area contributed by atoms with Crippen molar-refractivity contribution in [3.8, 4) is 0 Å². The lowest BCUT2D eigenvalue weighted by atomic mass is 10.2. The predicted molar refractivity (Wildman–Crippen MR) is 115 cm³/mol. The minimum Gasteiger partial charge on any atom is -0.357 e. The van der Waals surface area contributed by atoms with Gasteiger partial charge in [-0.3, -0.25) is 9.89 Å². The number of nitrogens with one attached hydrogen (secondary N) is 2. The molecule has 0 saturated carbocycles. The lowest BCUT2D eigenvalue weighted by Gasteiger charge is -2.21. The molecule has 2 N–H and O–H groups in total. The molecule has 1 unspecified atom stereocenters. The number of guanidine groups is 1. The fourth-order valence-electron chi connectivity index (χ4n) is 2.99. The van der Waals surface area contributed by atoms with Gasteiger partial charge in [-0.2, -0.15) is 0 Å². The largest absolute Gasteiger partial charge is 0.357 e. The van der Waals surface area contributed by atoms with Crippen LogP contribution in [0.15, 0.2) is 4.99 Å². The van der Waals surface area contributed by atoms with Crippen LogP contribution in [-0.4, -0.2) is 54.6 Å². The Morgan fingerprint density at radius 3 is 2.75 bits per heavy atom. The van der Waals surface area contributed by atoms with Gasteiger partial charge in [-0.15, -0.1) is 35.3 Å². The quantitative estimate of drug-likeness (QED) is 0.370. The number of likely N-dealkylation sites (tertiary alicyclic amines) is 1. The first-order valence-electron chi connectivity index (χ1n) is 8.83. The van der Waals surface area contributed by atoms with Crippen molar-refractivity contribution in [2.45, 2.75) is 53.0 Å². The summed E-state index contributed by atoms with van der Waals surface area (Å²) in [6.07, 6.45) is 3.53. The monoisotopic (exact) mass is 465 g/mol. The van der Waals surface area contributed by atoms with E-state index < -0.39 is 0 Å². The molecule has 1 saturated heterocycles. The molecule has 0 aromatic carbocycles. The van der Waals surface area contributed by atoms with E-state index >= 15 is 0 Å². The fraction of sp³-hybridized carbons (Fsp3) is 0.765. The fourth-order valence-corrected chi connectivity index (χ4v) is 3.92. The van der Waals surface area contributed by atoms with Gasteiger partial charge >= 0.3 is 0 Å². The third kappa shape index (κ3) is 6.48. The third-order valence-electron chi connectivity index (χ3n) is 4.41. The first-order chi connectivity index (χ1) is 11.1. The zero-order valence-electron chi connectivity index (χ0n) is 15.4. The predicted octanol–water partition coefficient (Wildman–Crippen LogP) is 2.96. The highest BCUT2D eigenvalue weighted by atomic mass is 127. The maximum absolute atomic E-state index is 4.78. The van der Waals surface area contributed by atoms with Gasteiger partial charge < -0.3 is 10.6 Å². The molecule has 1 aliphatic rings. The minimum atomic E-state index is 0. The van der Waals surface area contributed by atoms with Crippen molar-refractivity contribution in [2.75, 3.05) is 32.7 Å². The van der Waals surface area contributed by atoms with Crippen LogP contribution in [0.4, 0.5) is 0 Å². The Labute approximate surface area is 167 Å². The molecule has 2 rings (SSSR count). The molecule has 1 fully saturated rings. The number of hydrogen-bond acceptors (Lipinski definition) is 4. The molecule has 2 heterocycles. The summed E-state index contributed by atoms with van der Waals surface area (Å²) >= 11 is 1.80. The van der Waals surface area contributed by atoms with E-state index in [1.807, 2.05) is 0 Å². The van der Waals surface area contributed by atoms with Gasteiger partial charge in [0.2, 0.25) is 0 Å². The maximum Gasteiger partial charge on any atom is 0.191 e. The second-order valence-electron chi connectivity index (χ2n) is 6.07. The molecule has 1 atom stereocenters. The first kappa shape index (κ1) is 21.6. The number of hydrogen-bond donors (Lipinski definition) is 2. The summed E-state index contributed by atoms with van der Waals surface area (Å²) < 4.78 is 0. The van der Waals surface area contributed by atoms with Gasteiger partial charge in [0.25, 0.3) is 0 Å². The van der Waals surface area contributed by atoms with E-state index in [9.17, 15) is 0 Å². The van der Waals surface area contributed by atoms with Crippen molar-refractivity contribution in [3.05, 3.63) is 15.6 Å². The van der Waals surface area contributed by atoms with Gasteiger partial charge in [0, 0.05) is 30.4 Å². The van der Waals surface area contributed by atoms with Crippen LogP contribution in [0.25, 0.3) is 0 Å². The molecule has 0 aliphatic carbocycles. The van der Waals surface area contributed by atoms with E-state index in [1.165, 1.54) is 29.3 Å². The van der Waals surface area contributed by atoms with Gasteiger partial charge in [-0.05, 0) is 46.7 Å². The lowest BCUT2D eigenvalue weighted by Crippen LogP contribution is -2.40. The Morgan fingerprint density at radius 2 is 2.12 bits per heavy atom. The molecule has 0 spiro atoms. The van der Waals surface area contributed by atoms with E-state index in [0.717, 1.165) is 44.3 Å². The molecule has 1 aromatic heterocycles. The smallest absolute Gasteiger partial charge is 0.191 e. The number of likely N-dealkylation sites (N-methyl/N-ethyl adjacent to an activating group) is 1. The lowest BCUT2D eigenvalue weighted by molar-refractivity contribution is 0.273. The summed E-state index contributed by atoms with van der Waals surface area (Å²) in [4.78, 5) is 13.2. The number of nitrogens with zero attached hydrogens (tertiary/aromatic N) is 3. The average molecular weight is 465 g/mol. The number of aryl methyl sites for hydroxylation is 2. The molecule has 0 radical (unpaired) electrons. The molecule has 0 bridgehead atoms. The van der Waals surface area contributed by atoms with E-state index in [2.05, 4.69) is 48.2 Å². The second-order valence-corrected chi connectivity index (χ2v) is 7.36. The van der Waals surface area contributed by atoms with Crippen LogP contribution in [0.3, 0.4) is 0 Å². The molecule has 1 aromatic rings. The standard InChI is InChI=1S/C17H31N5S.HI/c1-5-18-17(20-12-15-8-7-11-22(15)6-2)19-10-9-16-21-13(3)14(4)23-16;/h15H,5-12H2,1-4H3,(H2,18,19,20);1H. The summed E-state index contributed by atoms with van der Waals surface area (Å²) in [5.74, 6) is 0.931. The second kappa shape index (κ2) is 11.3. The van der Waals surface area contributed by atoms with Crippen molar-refractivity contribution in [1.82, 2.24) is 20.5 Å². The Kier molecular flexibility index (Phi) is 10.1.